The van der Waals surface area contributed by atoms with E-state index in [1.54, 1.807) is 30.5 Å². The molecule has 2 aromatic heterocycles. The van der Waals surface area contributed by atoms with E-state index in [1.807, 2.05) is 24.3 Å². The van der Waals surface area contributed by atoms with Gasteiger partial charge in [0, 0.05) is 17.3 Å². The zero-order valence-corrected chi connectivity index (χ0v) is 17.5. The topological polar surface area (TPSA) is 102 Å². The van der Waals surface area contributed by atoms with Gasteiger partial charge in [-0.2, -0.15) is 0 Å². The predicted octanol–water partition coefficient (Wildman–Crippen LogP) is 4.02. The molecule has 0 atom stereocenters. The highest BCUT2D eigenvalue weighted by atomic mass is 32.2. The number of thioether (sulfide) groups is 1. The number of para-hydroxylation sites is 1. The van der Waals surface area contributed by atoms with Crippen LogP contribution in [-0.4, -0.2) is 36.3 Å². The van der Waals surface area contributed by atoms with Crippen molar-refractivity contribution in [2.24, 2.45) is 0 Å². The second-order valence-corrected chi connectivity index (χ2v) is 9.46. The second kappa shape index (κ2) is 8.29. The molecule has 2 heterocycles. The van der Waals surface area contributed by atoms with Crippen LogP contribution >= 0.6 is 11.8 Å². The van der Waals surface area contributed by atoms with E-state index in [1.165, 1.54) is 23.9 Å². The molecular weight excluding hydrogens is 422 g/mol. The Kier molecular flexibility index (Phi) is 5.56. The fourth-order valence-corrected chi connectivity index (χ4v) is 4.29. The maximum Gasteiger partial charge on any atom is 0.234 e. The van der Waals surface area contributed by atoms with Crippen molar-refractivity contribution < 1.29 is 17.6 Å². The number of rotatable bonds is 6. The Labute approximate surface area is 177 Å². The predicted molar refractivity (Wildman–Crippen MR) is 116 cm³/mol. The van der Waals surface area contributed by atoms with E-state index in [2.05, 4.69) is 15.3 Å². The van der Waals surface area contributed by atoms with E-state index in [0.717, 1.165) is 17.2 Å². The molecule has 0 aliphatic heterocycles. The summed E-state index contributed by atoms with van der Waals surface area (Å²) in [5.74, 6) is 0.821. The number of aromatic nitrogens is 2. The minimum atomic E-state index is -3.35. The normalized spacial score (nSPS) is 11.5. The molecule has 0 saturated heterocycles. The van der Waals surface area contributed by atoms with Crippen LogP contribution in [-0.2, 0) is 14.6 Å². The van der Waals surface area contributed by atoms with Gasteiger partial charge in [0.25, 0.3) is 0 Å². The minimum absolute atomic E-state index is 0.0989. The van der Waals surface area contributed by atoms with E-state index >= 15 is 0 Å². The first-order chi connectivity index (χ1) is 14.4. The molecule has 0 saturated carbocycles. The number of nitrogens with zero attached hydrogens (tertiary/aromatic N) is 2. The van der Waals surface area contributed by atoms with Gasteiger partial charge in [0.15, 0.2) is 21.4 Å². The van der Waals surface area contributed by atoms with Crippen molar-refractivity contribution in [3.8, 4) is 11.6 Å². The average molecular weight is 440 g/mol. The van der Waals surface area contributed by atoms with Crippen LogP contribution in [0.4, 0.5) is 5.69 Å². The standard InChI is InChI=1S/C21H17N3O4S2/c1-30(26,27)15-7-4-6-14(12-15)22-19(25)13-29-21-16-8-2-3-9-17(16)23-20(24-21)18-10-5-11-28-18/h2-12H,13H2,1H3,(H,22,25). The first-order valence-electron chi connectivity index (χ1n) is 8.93. The van der Waals surface area contributed by atoms with Gasteiger partial charge in [-0.15, -0.1) is 0 Å². The Morgan fingerprint density at radius 3 is 2.67 bits per heavy atom. The molecule has 0 fully saturated rings. The van der Waals surface area contributed by atoms with Crippen molar-refractivity contribution >= 4 is 44.1 Å². The van der Waals surface area contributed by atoms with Crippen molar-refractivity contribution in [2.45, 2.75) is 9.92 Å². The summed E-state index contributed by atoms with van der Waals surface area (Å²) in [5, 5.41) is 4.23. The monoisotopic (exact) mass is 439 g/mol. The zero-order valence-electron chi connectivity index (χ0n) is 15.9. The molecule has 152 valence electrons. The molecule has 4 rings (SSSR count). The largest absolute Gasteiger partial charge is 0.461 e. The van der Waals surface area contributed by atoms with Gasteiger partial charge in [-0.1, -0.05) is 36.0 Å². The van der Waals surface area contributed by atoms with Crippen LogP contribution in [0.25, 0.3) is 22.5 Å². The SMILES string of the molecule is CS(=O)(=O)c1cccc(NC(=O)CSc2nc(-c3ccco3)nc3ccccc23)c1. The van der Waals surface area contributed by atoms with E-state index in [-0.39, 0.29) is 16.6 Å². The lowest BCUT2D eigenvalue weighted by molar-refractivity contribution is -0.113. The molecule has 7 nitrogen and oxygen atoms in total. The van der Waals surface area contributed by atoms with Crippen LogP contribution in [0.5, 0.6) is 0 Å². The van der Waals surface area contributed by atoms with Gasteiger partial charge in [-0.3, -0.25) is 4.79 Å². The van der Waals surface area contributed by atoms with E-state index in [9.17, 15) is 13.2 Å². The fourth-order valence-electron chi connectivity index (χ4n) is 2.81. The van der Waals surface area contributed by atoms with E-state index < -0.39 is 9.84 Å². The molecule has 0 aliphatic rings. The zero-order chi connectivity index (χ0) is 21.1. The molecule has 0 bridgehead atoms. The smallest absolute Gasteiger partial charge is 0.234 e. The lowest BCUT2D eigenvalue weighted by atomic mass is 10.2. The van der Waals surface area contributed by atoms with Crippen LogP contribution in [0, 0.1) is 0 Å². The molecule has 30 heavy (non-hydrogen) atoms. The summed E-state index contributed by atoms with van der Waals surface area (Å²) in [4.78, 5) is 21.7. The molecule has 0 spiro atoms. The summed E-state index contributed by atoms with van der Waals surface area (Å²) < 4.78 is 28.8. The third-order valence-corrected chi connectivity index (χ3v) is 6.30. The molecule has 1 amide bonds. The number of amides is 1. The number of benzene rings is 2. The lowest BCUT2D eigenvalue weighted by Gasteiger charge is -2.09. The lowest BCUT2D eigenvalue weighted by Crippen LogP contribution is -2.14. The Bertz CT molecular complexity index is 1320. The van der Waals surface area contributed by atoms with Crippen LogP contribution in [0.2, 0.25) is 0 Å². The third kappa shape index (κ3) is 4.52. The number of anilines is 1. The Hall–Kier alpha value is -3.17. The molecule has 0 aliphatic carbocycles. The molecule has 2 aromatic carbocycles. The summed E-state index contributed by atoms with van der Waals surface area (Å²) >= 11 is 1.28. The molecule has 9 heteroatoms. The van der Waals surface area contributed by atoms with Crippen molar-refractivity contribution in [3.05, 3.63) is 66.9 Å². The van der Waals surface area contributed by atoms with Gasteiger partial charge < -0.3 is 9.73 Å². The van der Waals surface area contributed by atoms with Crippen LogP contribution in [0.1, 0.15) is 0 Å². The van der Waals surface area contributed by atoms with Crippen molar-refractivity contribution in [2.75, 3.05) is 17.3 Å². The van der Waals surface area contributed by atoms with Crippen LogP contribution in [0.15, 0.2) is 81.3 Å². The highest BCUT2D eigenvalue weighted by molar-refractivity contribution is 8.00. The maximum atomic E-state index is 12.5. The number of nitrogens with one attached hydrogen (secondary N) is 1. The number of carbonyl (C=O) groups excluding carboxylic acids is 1. The third-order valence-electron chi connectivity index (χ3n) is 4.20. The summed E-state index contributed by atoms with van der Waals surface area (Å²) in [5.41, 5.74) is 1.18. The molecule has 0 unspecified atom stereocenters. The molecule has 1 N–H and O–H groups in total. The average Bonchev–Trinajstić information content (AvgIpc) is 3.26. The van der Waals surface area contributed by atoms with Crippen molar-refractivity contribution in [3.63, 3.8) is 0 Å². The number of carbonyl (C=O) groups is 1. The summed E-state index contributed by atoms with van der Waals surface area (Å²) in [7, 11) is -3.35. The summed E-state index contributed by atoms with van der Waals surface area (Å²) in [6, 6.07) is 17.3. The minimum Gasteiger partial charge on any atom is -0.461 e. The van der Waals surface area contributed by atoms with Crippen molar-refractivity contribution in [1.82, 2.24) is 9.97 Å². The fraction of sp³-hybridized carbons (Fsp3) is 0.0952. The molecule has 4 aromatic rings. The van der Waals surface area contributed by atoms with Crippen molar-refractivity contribution in [1.29, 1.82) is 0 Å². The van der Waals surface area contributed by atoms with Gasteiger partial charge in [0.1, 0.15) is 5.03 Å². The Morgan fingerprint density at radius 1 is 1.07 bits per heavy atom. The highest BCUT2D eigenvalue weighted by Crippen LogP contribution is 2.28. The van der Waals surface area contributed by atoms with Gasteiger partial charge >= 0.3 is 0 Å². The first-order valence-corrected chi connectivity index (χ1v) is 11.8. The molecule has 0 radical (unpaired) electrons. The Morgan fingerprint density at radius 2 is 1.90 bits per heavy atom. The van der Waals surface area contributed by atoms with Gasteiger partial charge in [-0.25, -0.2) is 18.4 Å². The second-order valence-electron chi connectivity index (χ2n) is 6.48. The van der Waals surface area contributed by atoms with E-state index in [0.29, 0.717) is 22.3 Å². The van der Waals surface area contributed by atoms with Crippen LogP contribution < -0.4 is 5.32 Å². The number of hydrogen-bond acceptors (Lipinski definition) is 7. The number of sulfone groups is 1. The van der Waals surface area contributed by atoms with E-state index in [4.69, 9.17) is 4.42 Å². The first kappa shape index (κ1) is 20.1. The van der Waals surface area contributed by atoms with Gasteiger partial charge in [0.05, 0.1) is 22.4 Å². The quantitative estimate of drug-likeness (QED) is 0.357. The summed E-state index contributed by atoms with van der Waals surface area (Å²) in [6.07, 6.45) is 2.68. The highest BCUT2D eigenvalue weighted by Gasteiger charge is 2.14. The van der Waals surface area contributed by atoms with Gasteiger partial charge in [0.2, 0.25) is 5.91 Å². The van der Waals surface area contributed by atoms with Gasteiger partial charge in [-0.05, 0) is 36.4 Å². The summed E-state index contributed by atoms with van der Waals surface area (Å²) in [6.45, 7) is 0. The number of fused-ring (bicyclic) bond motifs is 1. The van der Waals surface area contributed by atoms with Crippen LogP contribution in [0.3, 0.4) is 0 Å². The Balaban J connectivity index is 1.54. The maximum absolute atomic E-state index is 12.5. The molecular formula is C21H17N3O4S2. The number of furan rings is 1. The number of hydrogen-bond donors (Lipinski definition) is 1.